The lowest BCUT2D eigenvalue weighted by molar-refractivity contribution is 0.0951. The molecule has 2 atom stereocenters. The third-order valence-corrected chi connectivity index (χ3v) is 5.53. The minimum absolute atomic E-state index is 0.0663. The highest BCUT2D eigenvalue weighted by Gasteiger charge is 2.33. The first-order valence-electron chi connectivity index (χ1n) is 5.92. The fraction of sp³-hybridized carbons (Fsp3) is 0.417. The molecule has 0 aliphatic heterocycles. The first-order chi connectivity index (χ1) is 9.21. The van der Waals surface area contributed by atoms with Crippen LogP contribution >= 0.6 is 33.9 Å². The van der Waals surface area contributed by atoms with Crippen molar-refractivity contribution in [1.82, 2.24) is 5.32 Å². The molecule has 110 valence electrons. The molecule has 0 spiro atoms. The number of halogens is 3. The topological polar surface area (TPSA) is 63.2 Å². The Bertz CT molecular complexity index is 660. The lowest BCUT2D eigenvalue weighted by Gasteiger charge is -2.10. The molecule has 1 aromatic rings. The quantitative estimate of drug-likeness (QED) is 0.842. The molecule has 0 heterocycles. The van der Waals surface area contributed by atoms with Gasteiger partial charge in [-0.1, -0.05) is 30.1 Å². The average molecular weight is 357 g/mol. The van der Waals surface area contributed by atoms with Crippen molar-refractivity contribution in [2.45, 2.75) is 18.2 Å². The Hall–Kier alpha value is -0.490. The van der Waals surface area contributed by atoms with Crippen LogP contribution in [0, 0.1) is 11.8 Å². The van der Waals surface area contributed by atoms with Crippen LogP contribution in [-0.2, 0) is 9.05 Å². The fourth-order valence-corrected chi connectivity index (χ4v) is 3.82. The van der Waals surface area contributed by atoms with Crippen molar-refractivity contribution >= 4 is 48.8 Å². The molecule has 1 saturated carbocycles. The number of rotatable bonds is 4. The van der Waals surface area contributed by atoms with Gasteiger partial charge in [-0.15, -0.1) is 0 Å². The number of benzene rings is 1. The zero-order chi connectivity index (χ0) is 15.1. The summed E-state index contributed by atoms with van der Waals surface area (Å²) in [5.41, 5.74) is -0.0663. The zero-order valence-corrected chi connectivity index (χ0v) is 13.6. The molecule has 4 nitrogen and oxygen atoms in total. The lowest BCUT2D eigenvalue weighted by atomic mass is 10.2. The van der Waals surface area contributed by atoms with Crippen LogP contribution in [-0.4, -0.2) is 20.9 Å². The lowest BCUT2D eigenvalue weighted by Crippen LogP contribution is -2.26. The Balaban J connectivity index is 2.28. The van der Waals surface area contributed by atoms with Crippen molar-refractivity contribution in [2.24, 2.45) is 11.8 Å². The molecule has 8 heteroatoms. The zero-order valence-electron chi connectivity index (χ0n) is 10.5. The largest absolute Gasteiger partial charge is 0.352 e. The Morgan fingerprint density at radius 3 is 2.50 bits per heavy atom. The van der Waals surface area contributed by atoms with Gasteiger partial charge in [0.15, 0.2) is 0 Å². The van der Waals surface area contributed by atoms with E-state index in [1.807, 2.05) is 0 Å². The summed E-state index contributed by atoms with van der Waals surface area (Å²) in [5.74, 6) is 0.550. The summed E-state index contributed by atoms with van der Waals surface area (Å²) in [5, 5.41) is 2.53. The summed E-state index contributed by atoms with van der Waals surface area (Å²) in [6.45, 7) is 2.61. The second-order valence-electron chi connectivity index (χ2n) is 4.86. The van der Waals surface area contributed by atoms with Gasteiger partial charge in [0, 0.05) is 17.2 Å². The van der Waals surface area contributed by atoms with E-state index < -0.39 is 15.0 Å². The van der Waals surface area contributed by atoms with Gasteiger partial charge >= 0.3 is 0 Å². The minimum atomic E-state index is -4.03. The summed E-state index contributed by atoms with van der Waals surface area (Å²) in [6.07, 6.45) is 1.07. The van der Waals surface area contributed by atoms with E-state index in [4.69, 9.17) is 33.9 Å². The summed E-state index contributed by atoms with van der Waals surface area (Å²) >= 11 is 11.9. The maximum atomic E-state index is 12.1. The first-order valence-corrected chi connectivity index (χ1v) is 8.99. The molecule has 2 unspecified atom stereocenters. The predicted octanol–water partition coefficient (Wildman–Crippen LogP) is 3.31. The standard InChI is InChI=1S/C12H12Cl3NO3S/c1-6-4-7(6)5-16-12(17)10-8(13)2-3-9(11(10)14)20(15,18)19/h2-3,6-7H,4-5H2,1H3,(H,16,17). The molecule has 0 radical (unpaired) electrons. The van der Waals surface area contributed by atoms with Crippen LogP contribution in [0.25, 0.3) is 0 Å². The number of carbonyl (C=O) groups is 1. The Morgan fingerprint density at radius 2 is 2.00 bits per heavy atom. The highest BCUT2D eigenvalue weighted by atomic mass is 35.7. The number of hydrogen-bond acceptors (Lipinski definition) is 3. The fourth-order valence-electron chi connectivity index (χ4n) is 1.93. The van der Waals surface area contributed by atoms with Crippen LogP contribution in [0.1, 0.15) is 23.7 Å². The van der Waals surface area contributed by atoms with Crippen molar-refractivity contribution in [3.05, 3.63) is 27.7 Å². The van der Waals surface area contributed by atoms with Gasteiger partial charge in [0.2, 0.25) is 0 Å². The Kier molecular flexibility index (Phi) is 4.54. The molecule has 1 aliphatic carbocycles. The summed E-state index contributed by atoms with van der Waals surface area (Å²) in [4.78, 5) is 11.8. The molecule has 2 rings (SSSR count). The van der Waals surface area contributed by atoms with E-state index in [9.17, 15) is 13.2 Å². The van der Waals surface area contributed by atoms with E-state index in [1.54, 1.807) is 0 Å². The minimum Gasteiger partial charge on any atom is -0.352 e. The van der Waals surface area contributed by atoms with Gasteiger partial charge in [-0.3, -0.25) is 4.79 Å². The van der Waals surface area contributed by atoms with Crippen molar-refractivity contribution in [3.8, 4) is 0 Å². The molecular formula is C12H12Cl3NO3S. The van der Waals surface area contributed by atoms with Gasteiger partial charge in [-0.05, 0) is 30.4 Å². The maximum Gasteiger partial charge on any atom is 0.262 e. The van der Waals surface area contributed by atoms with Crippen LogP contribution in [0.15, 0.2) is 17.0 Å². The van der Waals surface area contributed by atoms with Crippen LogP contribution in [0.3, 0.4) is 0 Å². The molecule has 1 N–H and O–H groups in total. The van der Waals surface area contributed by atoms with Crippen molar-refractivity contribution in [1.29, 1.82) is 0 Å². The molecule has 0 bridgehead atoms. The van der Waals surface area contributed by atoms with E-state index >= 15 is 0 Å². The van der Waals surface area contributed by atoms with Gasteiger partial charge in [-0.2, -0.15) is 0 Å². The van der Waals surface area contributed by atoms with E-state index in [-0.39, 0.29) is 20.5 Å². The van der Waals surface area contributed by atoms with E-state index in [0.717, 1.165) is 6.42 Å². The summed E-state index contributed by atoms with van der Waals surface area (Å²) in [7, 11) is 1.23. The predicted molar refractivity (Wildman–Crippen MR) is 79.1 cm³/mol. The smallest absolute Gasteiger partial charge is 0.262 e. The number of amides is 1. The van der Waals surface area contributed by atoms with Crippen molar-refractivity contribution in [3.63, 3.8) is 0 Å². The molecular weight excluding hydrogens is 345 g/mol. The highest BCUT2D eigenvalue weighted by Crippen LogP contribution is 2.37. The van der Waals surface area contributed by atoms with E-state index in [1.165, 1.54) is 12.1 Å². The van der Waals surface area contributed by atoms with Crippen molar-refractivity contribution in [2.75, 3.05) is 6.54 Å². The van der Waals surface area contributed by atoms with Gasteiger partial charge in [0.05, 0.1) is 15.6 Å². The van der Waals surface area contributed by atoms with Gasteiger partial charge in [0.1, 0.15) is 4.90 Å². The molecule has 0 aromatic heterocycles. The van der Waals surface area contributed by atoms with Crippen LogP contribution in [0.4, 0.5) is 0 Å². The van der Waals surface area contributed by atoms with E-state index in [0.29, 0.717) is 18.4 Å². The average Bonchev–Trinajstić information content (AvgIpc) is 3.01. The SMILES string of the molecule is CC1CC1CNC(=O)c1c(Cl)ccc(S(=O)(=O)Cl)c1Cl. The Labute approximate surface area is 131 Å². The first kappa shape index (κ1) is 15.9. The molecule has 20 heavy (non-hydrogen) atoms. The van der Waals surface area contributed by atoms with Gasteiger partial charge in [0.25, 0.3) is 15.0 Å². The van der Waals surface area contributed by atoms with Crippen LogP contribution < -0.4 is 5.32 Å². The molecule has 1 amide bonds. The normalized spacial score (nSPS) is 21.6. The monoisotopic (exact) mass is 355 g/mol. The Morgan fingerprint density at radius 1 is 1.40 bits per heavy atom. The molecule has 1 aromatic carbocycles. The van der Waals surface area contributed by atoms with Gasteiger partial charge < -0.3 is 5.32 Å². The third-order valence-electron chi connectivity index (χ3n) is 3.35. The molecule has 0 saturated heterocycles. The maximum absolute atomic E-state index is 12.1. The van der Waals surface area contributed by atoms with Crippen LogP contribution in [0.5, 0.6) is 0 Å². The number of hydrogen-bond donors (Lipinski definition) is 1. The van der Waals surface area contributed by atoms with E-state index in [2.05, 4.69) is 12.2 Å². The molecule has 1 fully saturated rings. The molecule has 1 aliphatic rings. The third kappa shape index (κ3) is 3.39. The number of carbonyl (C=O) groups excluding carboxylic acids is 1. The van der Waals surface area contributed by atoms with Gasteiger partial charge in [-0.25, -0.2) is 8.42 Å². The summed E-state index contributed by atoms with van der Waals surface area (Å²) < 4.78 is 22.7. The summed E-state index contributed by atoms with van der Waals surface area (Å²) in [6, 6.07) is 2.46. The number of nitrogens with one attached hydrogen (secondary N) is 1. The second kappa shape index (κ2) is 5.72. The second-order valence-corrected chi connectivity index (χ2v) is 8.17. The van der Waals surface area contributed by atoms with Crippen LogP contribution in [0.2, 0.25) is 10.0 Å². The highest BCUT2D eigenvalue weighted by molar-refractivity contribution is 8.13. The van der Waals surface area contributed by atoms with Crippen molar-refractivity contribution < 1.29 is 13.2 Å².